The molecule has 2 N–H and O–H groups in total. The topological polar surface area (TPSA) is 83.3 Å². The maximum atomic E-state index is 12.0. The Morgan fingerprint density at radius 3 is 2.86 bits per heavy atom. The summed E-state index contributed by atoms with van der Waals surface area (Å²) < 4.78 is 2.19. The van der Waals surface area contributed by atoms with Gasteiger partial charge in [-0.2, -0.15) is 0 Å². The number of aryl methyl sites for hydroxylation is 1. The predicted molar refractivity (Wildman–Crippen MR) is 83.6 cm³/mol. The van der Waals surface area contributed by atoms with Gasteiger partial charge in [0.15, 0.2) is 0 Å². The maximum Gasteiger partial charge on any atom is 0.317 e. The lowest BCUT2D eigenvalue weighted by Gasteiger charge is -2.25. The second kappa shape index (κ2) is 7.09. The molecule has 0 saturated heterocycles. The molecule has 22 heavy (non-hydrogen) atoms. The van der Waals surface area contributed by atoms with Crippen molar-refractivity contribution in [3.05, 3.63) is 11.6 Å². The highest BCUT2D eigenvalue weighted by molar-refractivity contribution is 5.73. The van der Waals surface area contributed by atoms with Crippen LogP contribution in [-0.4, -0.2) is 56.5 Å². The number of fused-ring (bicyclic) bond motifs is 1. The van der Waals surface area contributed by atoms with Gasteiger partial charge in [-0.05, 0) is 26.7 Å². The van der Waals surface area contributed by atoms with E-state index < -0.39 is 5.60 Å². The molecule has 1 aromatic heterocycles. The fraction of sp³-hybridized carbons (Fsp3) is 0.800. The minimum absolute atomic E-state index is 0.183. The van der Waals surface area contributed by atoms with Crippen LogP contribution in [0.3, 0.4) is 0 Å². The second-order valence-corrected chi connectivity index (χ2v) is 6.65. The van der Waals surface area contributed by atoms with Crippen LogP contribution in [0.2, 0.25) is 0 Å². The lowest BCUT2D eigenvalue weighted by atomic mass is 10.1. The summed E-state index contributed by atoms with van der Waals surface area (Å²) in [6.45, 7) is 5.15. The fourth-order valence-corrected chi connectivity index (χ4v) is 2.80. The lowest BCUT2D eigenvalue weighted by Crippen LogP contribution is -2.45. The van der Waals surface area contributed by atoms with Gasteiger partial charge in [-0.25, -0.2) is 4.79 Å². The van der Waals surface area contributed by atoms with Gasteiger partial charge in [0.25, 0.3) is 0 Å². The zero-order valence-electron chi connectivity index (χ0n) is 13.8. The normalized spacial score (nSPS) is 15.1. The van der Waals surface area contributed by atoms with E-state index in [1.165, 1.54) is 24.2 Å². The molecule has 0 bridgehead atoms. The van der Waals surface area contributed by atoms with Gasteiger partial charge >= 0.3 is 6.03 Å². The van der Waals surface area contributed by atoms with Crippen molar-refractivity contribution in [2.75, 3.05) is 20.1 Å². The van der Waals surface area contributed by atoms with E-state index in [4.69, 9.17) is 0 Å². The van der Waals surface area contributed by atoms with E-state index in [1.807, 2.05) is 0 Å². The average Bonchev–Trinajstić information content (AvgIpc) is 2.66. The molecule has 2 rings (SSSR count). The minimum atomic E-state index is -0.892. The van der Waals surface area contributed by atoms with Crippen LogP contribution < -0.4 is 5.32 Å². The van der Waals surface area contributed by atoms with Crippen molar-refractivity contribution >= 4 is 6.03 Å². The highest BCUT2D eigenvalue weighted by Gasteiger charge is 2.19. The van der Waals surface area contributed by atoms with Crippen LogP contribution in [-0.2, 0) is 19.4 Å². The first-order valence-electron chi connectivity index (χ1n) is 7.99. The summed E-state index contributed by atoms with van der Waals surface area (Å²) in [4.78, 5) is 13.4. The molecule has 1 aliphatic rings. The number of urea groups is 1. The van der Waals surface area contributed by atoms with E-state index in [1.54, 1.807) is 20.9 Å². The average molecular weight is 309 g/mol. The first kappa shape index (κ1) is 16.7. The number of likely N-dealkylation sites (N-methyl/N-ethyl adjacent to an activating group) is 1. The Labute approximate surface area is 131 Å². The Morgan fingerprint density at radius 2 is 2.14 bits per heavy atom. The molecule has 124 valence electrons. The number of amides is 2. The monoisotopic (exact) mass is 309 g/mol. The summed E-state index contributed by atoms with van der Waals surface area (Å²) in [6.07, 6.45) is 5.25. The van der Waals surface area contributed by atoms with Gasteiger partial charge in [0.05, 0.1) is 12.1 Å². The smallest absolute Gasteiger partial charge is 0.317 e. The molecule has 7 nitrogen and oxygen atoms in total. The molecule has 0 atom stereocenters. The van der Waals surface area contributed by atoms with Crippen LogP contribution in [0.5, 0.6) is 0 Å². The molecule has 0 aromatic carbocycles. The summed E-state index contributed by atoms with van der Waals surface area (Å²) in [5.74, 6) is 2.01. The molecule has 0 fully saturated rings. The van der Waals surface area contributed by atoms with Crippen LogP contribution in [0.15, 0.2) is 0 Å². The van der Waals surface area contributed by atoms with E-state index in [0.717, 1.165) is 24.6 Å². The summed E-state index contributed by atoms with van der Waals surface area (Å²) in [7, 11) is 1.68. The number of nitrogens with one attached hydrogen (secondary N) is 1. The van der Waals surface area contributed by atoms with Gasteiger partial charge in [0.2, 0.25) is 0 Å². The Balaban J connectivity index is 1.81. The summed E-state index contributed by atoms with van der Waals surface area (Å²) in [5.41, 5.74) is -0.892. The molecule has 2 heterocycles. The molecule has 0 radical (unpaired) electrons. The van der Waals surface area contributed by atoms with Crippen LogP contribution in [0.4, 0.5) is 4.79 Å². The van der Waals surface area contributed by atoms with Gasteiger partial charge in [-0.1, -0.05) is 6.42 Å². The third kappa shape index (κ3) is 4.69. The molecule has 0 spiro atoms. The van der Waals surface area contributed by atoms with Crippen molar-refractivity contribution in [3.8, 4) is 0 Å². The van der Waals surface area contributed by atoms with Crippen molar-refractivity contribution in [1.82, 2.24) is 25.0 Å². The number of nitrogens with zero attached hydrogens (tertiary/aromatic N) is 4. The molecule has 1 aromatic rings. The SMILES string of the molecule is CN(CC(C)(C)O)C(=O)NCCc1nnc2n1CCCCC2. The fourth-order valence-electron chi connectivity index (χ4n) is 2.80. The number of hydrogen-bond acceptors (Lipinski definition) is 4. The highest BCUT2D eigenvalue weighted by atomic mass is 16.3. The quantitative estimate of drug-likeness (QED) is 0.848. The van der Waals surface area contributed by atoms with Gasteiger partial charge < -0.3 is 19.9 Å². The van der Waals surface area contributed by atoms with Crippen molar-refractivity contribution in [2.24, 2.45) is 0 Å². The molecule has 0 unspecified atom stereocenters. The highest BCUT2D eigenvalue weighted by Crippen LogP contribution is 2.14. The van der Waals surface area contributed by atoms with Crippen molar-refractivity contribution in [3.63, 3.8) is 0 Å². The molecular formula is C15H27N5O2. The summed E-state index contributed by atoms with van der Waals surface area (Å²) in [6, 6.07) is -0.183. The van der Waals surface area contributed by atoms with Crippen molar-refractivity contribution in [2.45, 2.75) is 58.1 Å². The third-order valence-corrected chi connectivity index (χ3v) is 3.78. The Morgan fingerprint density at radius 1 is 1.36 bits per heavy atom. The van der Waals surface area contributed by atoms with E-state index in [-0.39, 0.29) is 6.03 Å². The zero-order chi connectivity index (χ0) is 16.2. The van der Waals surface area contributed by atoms with Gasteiger partial charge in [0, 0.05) is 33.0 Å². The van der Waals surface area contributed by atoms with Gasteiger partial charge in [-0.15, -0.1) is 10.2 Å². The Hall–Kier alpha value is -1.63. The lowest BCUT2D eigenvalue weighted by molar-refractivity contribution is 0.0532. The Bertz CT molecular complexity index is 507. The molecule has 0 aliphatic carbocycles. The van der Waals surface area contributed by atoms with E-state index in [0.29, 0.717) is 19.5 Å². The number of carbonyl (C=O) groups excluding carboxylic acids is 1. The molecule has 7 heteroatoms. The second-order valence-electron chi connectivity index (χ2n) is 6.65. The van der Waals surface area contributed by atoms with Crippen molar-refractivity contribution in [1.29, 1.82) is 0 Å². The number of aromatic nitrogens is 3. The van der Waals surface area contributed by atoms with Gasteiger partial charge in [-0.3, -0.25) is 0 Å². The third-order valence-electron chi connectivity index (χ3n) is 3.78. The van der Waals surface area contributed by atoms with E-state index in [9.17, 15) is 9.90 Å². The molecule has 0 saturated carbocycles. The van der Waals surface area contributed by atoms with Crippen molar-refractivity contribution < 1.29 is 9.90 Å². The Kier molecular flexibility index (Phi) is 5.39. The summed E-state index contributed by atoms with van der Waals surface area (Å²) in [5, 5.41) is 21.1. The standard InChI is InChI=1S/C15H27N5O2/c1-15(2,22)11-19(3)14(21)16-9-8-13-18-17-12-7-5-4-6-10-20(12)13/h22H,4-11H2,1-3H3,(H,16,21). The molecule has 2 amide bonds. The zero-order valence-corrected chi connectivity index (χ0v) is 13.8. The maximum absolute atomic E-state index is 12.0. The first-order chi connectivity index (χ1) is 10.4. The van der Waals surface area contributed by atoms with Gasteiger partial charge in [0.1, 0.15) is 11.6 Å². The number of hydrogen-bond donors (Lipinski definition) is 2. The van der Waals surface area contributed by atoms with E-state index >= 15 is 0 Å². The molecule has 1 aliphatic heterocycles. The largest absolute Gasteiger partial charge is 0.389 e. The number of aliphatic hydroxyl groups is 1. The minimum Gasteiger partial charge on any atom is -0.389 e. The van der Waals surface area contributed by atoms with Crippen LogP contribution in [0, 0.1) is 0 Å². The van der Waals surface area contributed by atoms with Crippen LogP contribution >= 0.6 is 0 Å². The predicted octanol–water partition coefficient (Wildman–Crippen LogP) is 0.959. The van der Waals surface area contributed by atoms with Crippen LogP contribution in [0.25, 0.3) is 0 Å². The molecular weight excluding hydrogens is 282 g/mol. The summed E-state index contributed by atoms with van der Waals surface area (Å²) >= 11 is 0. The number of rotatable bonds is 5. The van der Waals surface area contributed by atoms with Crippen LogP contribution in [0.1, 0.15) is 44.8 Å². The van der Waals surface area contributed by atoms with E-state index in [2.05, 4.69) is 20.1 Å². The first-order valence-corrected chi connectivity index (χ1v) is 7.99. The number of carbonyl (C=O) groups is 1.